The number of carbonyl (C=O) groups is 8. The second-order valence-corrected chi connectivity index (χ2v) is 22.1. The molecule has 4 saturated heterocycles. The summed E-state index contributed by atoms with van der Waals surface area (Å²) in [5, 5.41) is 16.7. The highest BCUT2D eigenvalue weighted by molar-refractivity contribution is 5.98. The lowest BCUT2D eigenvalue weighted by molar-refractivity contribution is -0.155. The van der Waals surface area contributed by atoms with Crippen LogP contribution in [0, 0.1) is 11.8 Å². The summed E-state index contributed by atoms with van der Waals surface area (Å²) in [4.78, 5) is 103. The van der Waals surface area contributed by atoms with E-state index in [4.69, 9.17) is 35.2 Å². The van der Waals surface area contributed by atoms with Crippen molar-refractivity contribution in [2.24, 2.45) is 23.3 Å². The molecule has 11 atom stereocenters. The molecule has 444 valence electrons. The number of epoxide rings is 1. The molecule has 1 unspecified atom stereocenters. The lowest BCUT2D eigenvalue weighted by Gasteiger charge is -2.39. The van der Waals surface area contributed by atoms with Crippen LogP contribution in [0.1, 0.15) is 144 Å². The number of nitrogens with two attached hydrogens (primary N) is 2. The van der Waals surface area contributed by atoms with Gasteiger partial charge < -0.3 is 61.7 Å². The Balaban J connectivity index is 1.11. The summed E-state index contributed by atoms with van der Waals surface area (Å²) in [6.45, 7) is 16.0. The van der Waals surface area contributed by atoms with E-state index >= 15 is 0 Å². The highest BCUT2D eigenvalue weighted by Crippen LogP contribution is 2.49. The number of carbonyl (C=O) groups excluding carboxylic acids is 8. The van der Waals surface area contributed by atoms with Gasteiger partial charge in [0.1, 0.15) is 24.8 Å². The van der Waals surface area contributed by atoms with E-state index < -0.39 is 59.8 Å². The van der Waals surface area contributed by atoms with Crippen molar-refractivity contribution in [3.8, 4) is 0 Å². The molecular weight excluding hydrogens is 1030 g/mol. The van der Waals surface area contributed by atoms with Crippen LogP contribution in [0.5, 0.6) is 0 Å². The van der Waals surface area contributed by atoms with Gasteiger partial charge in [-0.25, -0.2) is 19.6 Å². The number of primary amides is 1. The third-order valence-corrected chi connectivity index (χ3v) is 15.0. The molecule has 80 heavy (non-hydrogen) atoms. The van der Waals surface area contributed by atoms with Crippen molar-refractivity contribution in [1.82, 2.24) is 31.3 Å². The van der Waals surface area contributed by atoms with Gasteiger partial charge >= 0.3 is 18.1 Å². The molecule has 0 radical (unpaired) electrons. The first-order valence-corrected chi connectivity index (χ1v) is 28.5. The molecule has 4 aliphatic rings. The van der Waals surface area contributed by atoms with Crippen molar-refractivity contribution < 1.29 is 62.0 Å². The Morgan fingerprint density at radius 3 is 2.25 bits per heavy atom. The fourth-order valence-electron chi connectivity index (χ4n) is 10.3. The van der Waals surface area contributed by atoms with Gasteiger partial charge in [-0.15, -0.1) is 0 Å². The van der Waals surface area contributed by atoms with Crippen LogP contribution in [0.25, 0.3) is 0 Å². The number of ether oxygens (including phenoxy) is 5. The predicted molar refractivity (Wildman–Crippen MR) is 300 cm³/mol. The van der Waals surface area contributed by atoms with Gasteiger partial charge in [0.2, 0.25) is 29.5 Å². The number of unbranched alkanes of at least 4 members (excludes halogenated alkanes) is 2. The van der Waals surface area contributed by atoms with Gasteiger partial charge in [0, 0.05) is 57.6 Å². The predicted octanol–water partition coefficient (Wildman–Crippen LogP) is 5.49. The molecule has 5 rings (SSSR count). The minimum Gasteiger partial charge on any atom is -0.459 e. The number of amides is 8. The molecule has 9 N–H and O–H groups in total. The maximum Gasteiger partial charge on any atom is 0.429 e. The highest BCUT2D eigenvalue weighted by atomic mass is 16.6. The van der Waals surface area contributed by atoms with Crippen LogP contribution in [0.3, 0.4) is 0 Å². The Labute approximate surface area is 471 Å². The molecule has 0 saturated carbocycles. The van der Waals surface area contributed by atoms with E-state index in [-0.39, 0.29) is 92.4 Å². The molecule has 1 aromatic carbocycles. The fourth-order valence-corrected chi connectivity index (χ4v) is 10.3. The SMILES string of the molecule is CC(=O)O[C@@H](C)/C=C\C(=O)N[C@@H]1C[C@H](C)[C@H](C/C=C(C)/C=C/C2C[C@]3(C[C@@H](CC(=O)N4CCCCN4C(=O)OCc4ccc(NC(=O)[C@H](CCCNC(N)=O)NC(=O)[C@@H](NC(=O)CCCCCN)C(C)C)cc4)O2)O[C@@H]3C)O[C@@H]1C. The van der Waals surface area contributed by atoms with Crippen molar-refractivity contribution >= 4 is 53.3 Å². The smallest absolute Gasteiger partial charge is 0.429 e. The molecule has 0 aromatic heterocycles. The highest BCUT2D eigenvalue weighted by Gasteiger charge is 2.58. The summed E-state index contributed by atoms with van der Waals surface area (Å²) >= 11 is 0. The van der Waals surface area contributed by atoms with E-state index in [1.165, 1.54) is 23.0 Å². The average molecular weight is 1120 g/mol. The first-order valence-electron chi connectivity index (χ1n) is 28.5. The molecule has 1 spiro atoms. The summed E-state index contributed by atoms with van der Waals surface area (Å²) < 4.78 is 29.9. The Morgan fingerprint density at radius 2 is 1.59 bits per heavy atom. The van der Waals surface area contributed by atoms with E-state index in [1.807, 2.05) is 32.9 Å². The van der Waals surface area contributed by atoms with E-state index in [9.17, 15) is 38.4 Å². The molecule has 4 fully saturated rings. The molecule has 8 amide bonds. The van der Waals surface area contributed by atoms with Gasteiger partial charge in [0.15, 0.2) is 0 Å². The number of urea groups is 1. The maximum atomic E-state index is 14.1. The number of benzene rings is 1. The normalized spacial score (nSPS) is 25.1. The Hall–Kier alpha value is -6.36. The molecule has 4 heterocycles. The number of anilines is 1. The molecule has 0 aliphatic carbocycles. The number of rotatable bonds is 27. The lowest BCUT2D eigenvalue weighted by atomic mass is 9.87. The van der Waals surface area contributed by atoms with Gasteiger partial charge in [-0.05, 0) is 121 Å². The number of esters is 1. The van der Waals surface area contributed by atoms with Crippen LogP contribution < -0.4 is 38.1 Å². The zero-order valence-corrected chi connectivity index (χ0v) is 48.1. The summed E-state index contributed by atoms with van der Waals surface area (Å²) in [6, 6.07) is 3.87. The standard InChI is InChI=1S/C58H89N9O13/c1-36(2)53(65-50(69)16-10-9-11-27-59)55(73)64-47(15-14-28-61-56(60)74)54(72)62-44-22-20-43(21-23-44)35-76-57(75)67-30-13-12-29-66(67)52(71)32-46-34-58(41(7)80-58)33-45(79-46)24-17-37(3)18-25-49-38(4)31-48(40(6)78-49)63-51(70)26-19-39(5)77-42(8)68/h17-24,26,36,38-41,45-49,53H,9-16,25,27-35,59H2,1-8H3,(H,62,72)(H,63,70)(H,64,73)(H,65,69)(H3,60,61,74)/b24-17+,26-19-,37-18+/t38-,39-,40+,41+,45?,46+,47-,48+,49-,53-,58+/m0/s1. The second kappa shape index (κ2) is 31.6. The molecular formula is C58H89N9O13. The van der Waals surface area contributed by atoms with Crippen LogP contribution in [-0.2, 0) is 59.1 Å². The van der Waals surface area contributed by atoms with Gasteiger partial charge in [0.25, 0.3) is 0 Å². The lowest BCUT2D eigenvalue weighted by Crippen LogP contribution is -2.54. The van der Waals surface area contributed by atoms with Crippen molar-refractivity contribution in [2.45, 2.75) is 206 Å². The molecule has 22 heteroatoms. The summed E-state index contributed by atoms with van der Waals surface area (Å²) in [5.74, 6) is -2.34. The Bertz CT molecular complexity index is 2360. The topological polar surface area (TPSA) is 305 Å². The first kappa shape index (κ1) is 64.5. The summed E-state index contributed by atoms with van der Waals surface area (Å²) in [7, 11) is 0. The second-order valence-electron chi connectivity index (χ2n) is 22.1. The molecule has 0 bridgehead atoms. The number of nitrogens with zero attached hydrogens (tertiary/aromatic N) is 2. The number of nitrogens with one attached hydrogen (secondary N) is 5. The third-order valence-electron chi connectivity index (χ3n) is 15.0. The van der Waals surface area contributed by atoms with Crippen LogP contribution in [-0.4, -0.2) is 144 Å². The summed E-state index contributed by atoms with van der Waals surface area (Å²) in [6.07, 6.45) is 14.0. The van der Waals surface area contributed by atoms with Crippen LogP contribution in [0.4, 0.5) is 15.3 Å². The largest absolute Gasteiger partial charge is 0.459 e. The number of hydrogen-bond donors (Lipinski definition) is 7. The first-order chi connectivity index (χ1) is 38.1. The number of hydrazine groups is 1. The Kier molecular flexibility index (Phi) is 25.5. The van der Waals surface area contributed by atoms with Gasteiger partial charge in [-0.2, -0.15) is 0 Å². The molecule has 4 aliphatic heterocycles. The zero-order chi connectivity index (χ0) is 58.5. The van der Waals surface area contributed by atoms with Gasteiger partial charge in [-0.3, -0.25) is 28.8 Å². The average Bonchev–Trinajstić information content (AvgIpc) is 4.03. The van der Waals surface area contributed by atoms with Gasteiger partial charge in [-0.1, -0.05) is 63.1 Å². The van der Waals surface area contributed by atoms with E-state index in [2.05, 4.69) is 39.6 Å². The maximum absolute atomic E-state index is 14.1. The Morgan fingerprint density at radius 1 is 0.875 bits per heavy atom. The quantitative estimate of drug-likeness (QED) is 0.0189. The number of allylic oxidation sites excluding steroid dienone is 2. The van der Waals surface area contributed by atoms with Crippen LogP contribution in [0.2, 0.25) is 0 Å². The van der Waals surface area contributed by atoms with E-state index in [0.29, 0.717) is 75.8 Å². The van der Waals surface area contributed by atoms with E-state index in [1.54, 1.807) is 51.1 Å². The van der Waals surface area contributed by atoms with Crippen molar-refractivity contribution in [2.75, 3.05) is 31.5 Å². The van der Waals surface area contributed by atoms with Crippen molar-refractivity contribution in [3.05, 3.63) is 65.8 Å². The fraction of sp³-hybridized carbons (Fsp3) is 0.655. The van der Waals surface area contributed by atoms with E-state index in [0.717, 1.165) is 24.8 Å². The monoisotopic (exact) mass is 1120 g/mol. The molecule has 1 aromatic rings. The van der Waals surface area contributed by atoms with Crippen molar-refractivity contribution in [3.63, 3.8) is 0 Å². The molecule has 22 nitrogen and oxygen atoms in total. The number of hydrogen-bond acceptors (Lipinski definition) is 14. The third kappa shape index (κ3) is 20.9. The summed E-state index contributed by atoms with van der Waals surface area (Å²) in [5.41, 5.74) is 12.5. The minimum absolute atomic E-state index is 0.0171. The zero-order valence-electron chi connectivity index (χ0n) is 48.1. The minimum atomic E-state index is -1.02. The van der Waals surface area contributed by atoms with Crippen LogP contribution >= 0.6 is 0 Å². The van der Waals surface area contributed by atoms with Crippen LogP contribution in [0.15, 0.2) is 60.2 Å². The van der Waals surface area contributed by atoms with Crippen molar-refractivity contribution in [1.29, 1.82) is 0 Å². The van der Waals surface area contributed by atoms with Gasteiger partial charge in [0.05, 0.1) is 48.6 Å².